The maximum Gasteiger partial charge on any atom is 0.416 e. The lowest BCUT2D eigenvalue weighted by Crippen LogP contribution is -2.63. The number of H-pyrrole nitrogens is 1. The van der Waals surface area contributed by atoms with Crippen molar-refractivity contribution in [1.82, 2.24) is 19.7 Å². The summed E-state index contributed by atoms with van der Waals surface area (Å²) < 4.78 is 95.3. The number of carbonyl (C=O) groups is 2. The first-order valence-corrected chi connectivity index (χ1v) is 15.4. The first kappa shape index (κ1) is 33.5. The number of para-hydroxylation sites is 1. The van der Waals surface area contributed by atoms with Crippen molar-refractivity contribution >= 4 is 28.8 Å². The lowest BCUT2D eigenvalue weighted by atomic mass is 9.98. The van der Waals surface area contributed by atoms with Crippen molar-refractivity contribution in [2.75, 3.05) is 50.7 Å². The smallest absolute Gasteiger partial charge is 0.369 e. The normalized spacial score (nSPS) is 19.1. The molecule has 0 spiro atoms. The second kappa shape index (κ2) is 13.2. The van der Waals surface area contributed by atoms with Crippen LogP contribution in [0, 0.1) is 5.82 Å². The van der Waals surface area contributed by atoms with Gasteiger partial charge in [0.15, 0.2) is 6.29 Å². The Balaban J connectivity index is 1.27. The molecule has 0 bridgehead atoms. The number of hydrogen-bond donors (Lipinski definition) is 1. The lowest BCUT2D eigenvalue weighted by Gasteiger charge is -2.47. The summed E-state index contributed by atoms with van der Waals surface area (Å²) in [4.78, 5) is 36.9. The third kappa shape index (κ3) is 7.04. The van der Waals surface area contributed by atoms with Crippen LogP contribution < -0.4 is 4.90 Å². The predicted molar refractivity (Wildman–Crippen MR) is 165 cm³/mol. The molecule has 2 saturated heterocycles. The summed E-state index contributed by atoms with van der Waals surface area (Å²) in [5, 5.41) is 0.865. The molecule has 1 N–H and O–H groups in total. The molecule has 6 rings (SSSR count). The number of halogens is 7. The average molecular weight is 676 g/mol. The number of rotatable bonds is 7. The Morgan fingerprint density at radius 1 is 0.833 bits per heavy atom. The molecule has 3 aromatic carbocycles. The molecule has 14 heteroatoms. The van der Waals surface area contributed by atoms with Crippen molar-refractivity contribution in [3.05, 3.63) is 101 Å². The van der Waals surface area contributed by atoms with Gasteiger partial charge in [0.1, 0.15) is 12.0 Å². The number of benzene rings is 3. The van der Waals surface area contributed by atoms with E-state index < -0.39 is 47.2 Å². The Morgan fingerprint density at radius 2 is 1.46 bits per heavy atom. The van der Waals surface area contributed by atoms with Crippen LogP contribution in [-0.4, -0.2) is 89.9 Å². The maximum absolute atomic E-state index is 13.9. The SMILES string of the molecule is O=CC(N1CCN(c2ccc(F)cc2)CC1)N1CCN(C(=O)c2cc(C(F)(F)F)cc(C(F)(F)F)c2)[C@H](Cc2c[nH]c3ccccc23)C1. The van der Waals surface area contributed by atoms with Crippen LogP contribution in [0.15, 0.2) is 72.9 Å². The predicted octanol–water partition coefficient (Wildman–Crippen LogP) is 6.06. The zero-order valence-corrected chi connectivity index (χ0v) is 25.6. The fourth-order valence-electron chi connectivity index (χ4n) is 6.66. The highest BCUT2D eigenvalue weighted by molar-refractivity contribution is 5.95. The maximum atomic E-state index is 13.9. The molecule has 3 heterocycles. The molecule has 1 unspecified atom stereocenters. The zero-order valence-electron chi connectivity index (χ0n) is 25.6. The van der Waals surface area contributed by atoms with E-state index in [1.165, 1.54) is 17.0 Å². The monoisotopic (exact) mass is 675 g/mol. The number of carbonyl (C=O) groups excluding carboxylic acids is 2. The molecular weight excluding hydrogens is 643 g/mol. The Morgan fingerprint density at radius 3 is 2.08 bits per heavy atom. The quantitative estimate of drug-likeness (QED) is 0.191. The van der Waals surface area contributed by atoms with Crippen molar-refractivity contribution < 1.29 is 40.3 Å². The largest absolute Gasteiger partial charge is 0.416 e. The van der Waals surface area contributed by atoms with Gasteiger partial charge in [-0.1, -0.05) is 18.2 Å². The summed E-state index contributed by atoms with van der Waals surface area (Å²) in [6.45, 7) is 2.47. The first-order valence-electron chi connectivity index (χ1n) is 15.4. The van der Waals surface area contributed by atoms with Gasteiger partial charge in [0.25, 0.3) is 5.91 Å². The van der Waals surface area contributed by atoms with Crippen LogP contribution in [0.1, 0.15) is 27.0 Å². The van der Waals surface area contributed by atoms with E-state index in [-0.39, 0.29) is 37.9 Å². The first-order chi connectivity index (χ1) is 22.8. The van der Waals surface area contributed by atoms with E-state index in [9.17, 15) is 40.3 Å². The average Bonchev–Trinajstić information content (AvgIpc) is 3.47. The van der Waals surface area contributed by atoms with E-state index in [1.807, 2.05) is 34.1 Å². The van der Waals surface area contributed by atoms with Crippen molar-refractivity contribution in [2.24, 2.45) is 0 Å². The molecule has 0 saturated carbocycles. The van der Waals surface area contributed by atoms with Gasteiger partial charge in [0.2, 0.25) is 0 Å². The van der Waals surface area contributed by atoms with Gasteiger partial charge in [-0.05, 0) is 60.5 Å². The molecule has 2 atom stereocenters. The van der Waals surface area contributed by atoms with Gasteiger partial charge in [-0.15, -0.1) is 0 Å². The summed E-state index contributed by atoms with van der Waals surface area (Å²) in [6, 6.07) is 13.8. The number of aromatic nitrogens is 1. The van der Waals surface area contributed by atoms with E-state index in [4.69, 9.17) is 0 Å². The second-order valence-electron chi connectivity index (χ2n) is 12.1. The minimum atomic E-state index is -5.10. The number of fused-ring (bicyclic) bond motifs is 1. The van der Waals surface area contributed by atoms with Gasteiger partial charge >= 0.3 is 12.4 Å². The van der Waals surface area contributed by atoms with E-state index in [2.05, 4.69) is 9.88 Å². The molecule has 0 aliphatic carbocycles. The number of piperazine rings is 2. The highest BCUT2D eigenvalue weighted by Crippen LogP contribution is 2.37. The summed E-state index contributed by atoms with van der Waals surface area (Å²) >= 11 is 0. The van der Waals surface area contributed by atoms with Crippen molar-refractivity contribution in [1.29, 1.82) is 0 Å². The van der Waals surface area contributed by atoms with Gasteiger partial charge < -0.3 is 19.6 Å². The van der Waals surface area contributed by atoms with E-state index in [0.29, 0.717) is 38.3 Å². The number of anilines is 1. The van der Waals surface area contributed by atoms with Crippen LogP contribution in [0.4, 0.5) is 36.4 Å². The van der Waals surface area contributed by atoms with E-state index >= 15 is 0 Å². The van der Waals surface area contributed by atoms with Crippen molar-refractivity contribution in [3.8, 4) is 0 Å². The summed E-state index contributed by atoms with van der Waals surface area (Å²) in [7, 11) is 0. The Kier molecular flexibility index (Phi) is 9.22. The van der Waals surface area contributed by atoms with Crippen LogP contribution in [0.25, 0.3) is 10.9 Å². The number of nitrogens with one attached hydrogen (secondary N) is 1. The fraction of sp³-hybridized carbons (Fsp3) is 0.353. The van der Waals surface area contributed by atoms with Crippen molar-refractivity contribution in [3.63, 3.8) is 0 Å². The molecule has 48 heavy (non-hydrogen) atoms. The van der Waals surface area contributed by atoms with Crippen LogP contribution in [0.2, 0.25) is 0 Å². The minimum Gasteiger partial charge on any atom is -0.369 e. The number of aromatic amines is 1. The van der Waals surface area contributed by atoms with Gasteiger partial charge in [0.05, 0.1) is 11.1 Å². The van der Waals surface area contributed by atoms with Gasteiger partial charge in [-0.2, -0.15) is 26.3 Å². The zero-order chi connectivity index (χ0) is 34.2. The Hall–Kier alpha value is -4.43. The molecule has 0 radical (unpaired) electrons. The Labute approximate surface area is 271 Å². The summed E-state index contributed by atoms with van der Waals surface area (Å²) in [5.74, 6) is -1.29. The standard InChI is InChI=1S/C34H32F7N5O2/c35-26-5-7-27(8-6-26)43-9-11-44(12-10-43)31(21-47)45-13-14-46(28(20-45)17-23-19-42-30-4-2-1-3-29(23)30)32(48)22-15-24(33(36,37)38)18-25(16-22)34(39,40)41/h1-8,15-16,18-19,21,28,31,42H,9-14,17,20H2/t28-,31?/m1/s1. The third-order valence-corrected chi connectivity index (χ3v) is 9.12. The highest BCUT2D eigenvalue weighted by Gasteiger charge is 2.40. The van der Waals surface area contributed by atoms with Crippen LogP contribution >= 0.6 is 0 Å². The van der Waals surface area contributed by atoms with Gasteiger partial charge in [0, 0.05) is 80.2 Å². The fourth-order valence-corrected chi connectivity index (χ4v) is 6.66. The molecule has 2 aliphatic rings. The molecule has 1 amide bonds. The van der Waals surface area contributed by atoms with E-state index in [0.717, 1.165) is 28.4 Å². The molecule has 4 aromatic rings. The van der Waals surface area contributed by atoms with E-state index in [1.54, 1.807) is 18.3 Å². The summed E-state index contributed by atoms with van der Waals surface area (Å²) in [5.41, 5.74) is -1.34. The van der Waals surface area contributed by atoms with Crippen LogP contribution in [0.3, 0.4) is 0 Å². The molecule has 2 fully saturated rings. The topological polar surface area (TPSA) is 62.9 Å². The number of aldehydes is 1. The molecule has 7 nitrogen and oxygen atoms in total. The van der Waals surface area contributed by atoms with Gasteiger partial charge in [-0.3, -0.25) is 14.6 Å². The van der Waals surface area contributed by atoms with Crippen molar-refractivity contribution in [2.45, 2.75) is 31.0 Å². The second-order valence-corrected chi connectivity index (χ2v) is 12.1. The lowest BCUT2D eigenvalue weighted by molar-refractivity contribution is -0.143. The highest BCUT2D eigenvalue weighted by atomic mass is 19.4. The Bertz CT molecular complexity index is 1730. The van der Waals surface area contributed by atoms with Crippen LogP contribution in [0.5, 0.6) is 0 Å². The summed E-state index contributed by atoms with van der Waals surface area (Å²) in [6.07, 6.45) is -8.05. The van der Waals surface area contributed by atoms with Gasteiger partial charge in [-0.25, -0.2) is 4.39 Å². The number of nitrogens with zero attached hydrogens (tertiary/aromatic N) is 4. The molecule has 254 valence electrons. The number of hydrogen-bond acceptors (Lipinski definition) is 5. The van der Waals surface area contributed by atoms with Crippen LogP contribution in [-0.2, 0) is 23.6 Å². The third-order valence-electron chi connectivity index (χ3n) is 9.12. The molecular formula is C34H32F7N5O2. The number of alkyl halides is 6. The number of amides is 1. The molecule has 2 aliphatic heterocycles. The minimum absolute atomic E-state index is 0.00263. The molecule has 1 aromatic heterocycles.